The maximum absolute atomic E-state index is 14.1. The Labute approximate surface area is 136 Å². The summed E-state index contributed by atoms with van der Waals surface area (Å²) in [6, 6.07) is 0. The molecule has 3 nitrogen and oxygen atoms in total. The summed E-state index contributed by atoms with van der Waals surface area (Å²) < 4.78 is 14.1. The first-order valence-corrected chi connectivity index (χ1v) is 9.00. The fourth-order valence-electron chi connectivity index (χ4n) is 6.59. The lowest BCUT2D eigenvalue weighted by molar-refractivity contribution is -0.159. The maximum atomic E-state index is 14.1. The lowest BCUT2D eigenvalue weighted by atomic mass is 9.45. The highest BCUT2D eigenvalue weighted by atomic mass is 19.1. The predicted octanol–water partition coefficient (Wildman–Crippen LogP) is 3.29. The molecular weight excluding hydrogens is 295 g/mol. The second-order valence-electron chi connectivity index (χ2n) is 8.87. The van der Waals surface area contributed by atoms with Gasteiger partial charge in [0.25, 0.3) is 0 Å². The van der Waals surface area contributed by atoms with Crippen LogP contribution in [-0.2, 0) is 14.4 Å². The summed E-state index contributed by atoms with van der Waals surface area (Å²) in [7, 11) is 0. The third-order valence-electron chi connectivity index (χ3n) is 7.98. The minimum absolute atomic E-state index is 0.00287. The Balaban J connectivity index is 1.71. The molecule has 0 aromatic rings. The molecule has 0 aromatic carbocycles. The van der Waals surface area contributed by atoms with Crippen molar-refractivity contribution < 1.29 is 18.8 Å². The highest BCUT2D eigenvalue weighted by molar-refractivity contribution is 5.93. The van der Waals surface area contributed by atoms with Crippen molar-refractivity contribution in [2.45, 2.75) is 65.0 Å². The zero-order chi connectivity index (χ0) is 16.6. The van der Waals surface area contributed by atoms with E-state index in [2.05, 4.69) is 6.92 Å². The van der Waals surface area contributed by atoms with E-state index < -0.39 is 11.6 Å². The summed E-state index contributed by atoms with van der Waals surface area (Å²) in [6.45, 7) is 4.09. The molecule has 23 heavy (non-hydrogen) atoms. The van der Waals surface area contributed by atoms with Crippen molar-refractivity contribution in [2.75, 3.05) is 0 Å². The fraction of sp³-hybridized carbons (Fsp3) is 0.842. The van der Waals surface area contributed by atoms with Crippen molar-refractivity contribution in [3.8, 4) is 0 Å². The van der Waals surface area contributed by atoms with E-state index in [9.17, 15) is 18.8 Å². The molecule has 0 N–H and O–H groups in total. The van der Waals surface area contributed by atoms with E-state index in [0.717, 1.165) is 19.3 Å². The molecule has 4 saturated carbocycles. The van der Waals surface area contributed by atoms with E-state index in [4.69, 9.17) is 0 Å². The average Bonchev–Trinajstić information content (AvgIpc) is 2.73. The van der Waals surface area contributed by atoms with Crippen LogP contribution in [0, 0.1) is 34.5 Å². The number of Topliss-reactive ketones (excluding diaryl/α,β-unsaturated/α-hetero) is 3. The molecule has 4 aliphatic carbocycles. The van der Waals surface area contributed by atoms with Crippen LogP contribution < -0.4 is 0 Å². The minimum Gasteiger partial charge on any atom is -0.300 e. The van der Waals surface area contributed by atoms with Gasteiger partial charge in [0.15, 0.2) is 12.0 Å². The zero-order valence-corrected chi connectivity index (χ0v) is 13.9. The number of alkyl halides is 1. The normalized spacial score (nSPS) is 52.8. The Kier molecular flexibility index (Phi) is 3.18. The van der Waals surface area contributed by atoms with Crippen LogP contribution >= 0.6 is 0 Å². The van der Waals surface area contributed by atoms with Crippen LogP contribution in [0.3, 0.4) is 0 Å². The standard InChI is InChI=1S/C19H25FO3/c1-18-5-3-10(21)7-14(18)16(22)8-11-12(18)4-6-19(2)13(11)9-15(20)17(19)23/h11-15H,3-9H2,1-2H3. The van der Waals surface area contributed by atoms with Crippen molar-refractivity contribution in [3.63, 3.8) is 0 Å². The molecule has 126 valence electrons. The Morgan fingerprint density at radius 3 is 2.52 bits per heavy atom. The van der Waals surface area contributed by atoms with Gasteiger partial charge < -0.3 is 0 Å². The highest BCUT2D eigenvalue weighted by Crippen LogP contribution is 2.64. The van der Waals surface area contributed by atoms with Crippen LogP contribution in [0.1, 0.15) is 58.8 Å². The van der Waals surface area contributed by atoms with Gasteiger partial charge in [0.05, 0.1) is 0 Å². The number of carbonyl (C=O) groups excluding carboxylic acids is 3. The molecule has 0 amide bonds. The topological polar surface area (TPSA) is 51.2 Å². The van der Waals surface area contributed by atoms with Gasteiger partial charge in [-0.25, -0.2) is 4.39 Å². The van der Waals surface area contributed by atoms with Gasteiger partial charge >= 0.3 is 0 Å². The molecule has 0 saturated heterocycles. The number of hydrogen-bond acceptors (Lipinski definition) is 3. The summed E-state index contributed by atoms with van der Waals surface area (Å²) in [5.74, 6) is 0.491. The second-order valence-corrected chi connectivity index (χ2v) is 8.87. The molecular formula is C19H25FO3. The van der Waals surface area contributed by atoms with Gasteiger partial charge in [-0.2, -0.15) is 0 Å². The van der Waals surface area contributed by atoms with E-state index >= 15 is 0 Å². The molecule has 0 radical (unpaired) electrons. The number of ketones is 3. The molecule has 0 heterocycles. The summed E-state index contributed by atoms with van der Waals surface area (Å²) >= 11 is 0. The average molecular weight is 320 g/mol. The van der Waals surface area contributed by atoms with E-state index in [0.29, 0.717) is 31.6 Å². The lowest BCUT2D eigenvalue weighted by Crippen LogP contribution is -2.56. The van der Waals surface area contributed by atoms with E-state index in [-0.39, 0.29) is 40.5 Å². The summed E-state index contributed by atoms with van der Waals surface area (Å²) in [5, 5.41) is 0. The van der Waals surface area contributed by atoms with Gasteiger partial charge in [-0.05, 0) is 48.9 Å². The maximum Gasteiger partial charge on any atom is 0.173 e. The van der Waals surface area contributed by atoms with Crippen molar-refractivity contribution in [2.24, 2.45) is 34.5 Å². The SMILES string of the molecule is CC12CCC3C(CC(=O)C4CC(=O)CCC43C)C1CC(F)C2=O. The van der Waals surface area contributed by atoms with Crippen LogP contribution in [0.15, 0.2) is 0 Å². The van der Waals surface area contributed by atoms with Gasteiger partial charge in [-0.3, -0.25) is 14.4 Å². The number of hydrogen-bond donors (Lipinski definition) is 0. The van der Waals surface area contributed by atoms with Gasteiger partial charge in [0.1, 0.15) is 11.6 Å². The number of halogens is 1. The Morgan fingerprint density at radius 2 is 1.78 bits per heavy atom. The lowest BCUT2D eigenvalue weighted by Gasteiger charge is -2.58. The van der Waals surface area contributed by atoms with Crippen molar-refractivity contribution in [1.29, 1.82) is 0 Å². The van der Waals surface area contributed by atoms with Gasteiger partial charge in [0.2, 0.25) is 0 Å². The summed E-state index contributed by atoms with van der Waals surface area (Å²) in [5.41, 5.74) is -0.707. The second kappa shape index (κ2) is 4.73. The van der Waals surface area contributed by atoms with Gasteiger partial charge in [0, 0.05) is 30.6 Å². The zero-order valence-electron chi connectivity index (χ0n) is 13.9. The Hall–Kier alpha value is -1.06. The van der Waals surface area contributed by atoms with Crippen molar-refractivity contribution in [1.82, 2.24) is 0 Å². The Morgan fingerprint density at radius 1 is 1.04 bits per heavy atom. The van der Waals surface area contributed by atoms with E-state index in [1.165, 1.54) is 0 Å². The largest absolute Gasteiger partial charge is 0.300 e. The molecule has 4 aliphatic rings. The summed E-state index contributed by atoms with van der Waals surface area (Å²) in [6.07, 6.45) is 2.76. The molecule has 0 bridgehead atoms. The van der Waals surface area contributed by atoms with Crippen LogP contribution in [0.2, 0.25) is 0 Å². The molecule has 7 atom stereocenters. The third kappa shape index (κ3) is 1.90. The van der Waals surface area contributed by atoms with Crippen LogP contribution in [0.4, 0.5) is 4.39 Å². The van der Waals surface area contributed by atoms with Crippen LogP contribution in [-0.4, -0.2) is 23.5 Å². The molecule has 4 heteroatoms. The van der Waals surface area contributed by atoms with E-state index in [1.807, 2.05) is 6.92 Å². The van der Waals surface area contributed by atoms with Gasteiger partial charge in [-0.1, -0.05) is 13.8 Å². The number of fused-ring (bicyclic) bond motifs is 5. The molecule has 4 rings (SSSR count). The quantitative estimate of drug-likeness (QED) is 0.688. The monoisotopic (exact) mass is 320 g/mol. The molecule has 0 aromatic heterocycles. The minimum atomic E-state index is -1.35. The highest BCUT2D eigenvalue weighted by Gasteiger charge is 2.64. The first kappa shape index (κ1) is 15.5. The molecule has 4 fully saturated rings. The number of carbonyl (C=O) groups is 3. The molecule has 7 unspecified atom stereocenters. The van der Waals surface area contributed by atoms with Crippen molar-refractivity contribution in [3.05, 3.63) is 0 Å². The van der Waals surface area contributed by atoms with Crippen LogP contribution in [0.5, 0.6) is 0 Å². The predicted molar refractivity (Wildman–Crippen MR) is 82.4 cm³/mol. The first-order chi connectivity index (χ1) is 10.8. The first-order valence-electron chi connectivity index (χ1n) is 9.00. The van der Waals surface area contributed by atoms with Crippen LogP contribution in [0.25, 0.3) is 0 Å². The molecule has 0 aliphatic heterocycles. The fourth-order valence-corrected chi connectivity index (χ4v) is 6.59. The van der Waals surface area contributed by atoms with Crippen molar-refractivity contribution >= 4 is 17.3 Å². The third-order valence-corrected chi connectivity index (χ3v) is 7.98. The molecule has 0 spiro atoms. The van der Waals surface area contributed by atoms with Gasteiger partial charge in [-0.15, -0.1) is 0 Å². The van der Waals surface area contributed by atoms with E-state index in [1.54, 1.807) is 0 Å². The number of rotatable bonds is 0. The Bertz CT molecular complexity index is 599. The summed E-state index contributed by atoms with van der Waals surface area (Å²) in [4.78, 5) is 36.9. The smallest absolute Gasteiger partial charge is 0.173 e.